The summed E-state index contributed by atoms with van der Waals surface area (Å²) in [5.41, 5.74) is 6.77. The molecular weight excluding hydrogens is 288 g/mol. The molecule has 0 fully saturated rings. The van der Waals surface area contributed by atoms with E-state index in [9.17, 15) is 14.9 Å². The van der Waals surface area contributed by atoms with Gasteiger partial charge in [-0.15, -0.1) is 0 Å². The predicted octanol–water partition coefficient (Wildman–Crippen LogP) is 1.52. The van der Waals surface area contributed by atoms with E-state index in [-0.39, 0.29) is 23.2 Å². The lowest BCUT2D eigenvalue weighted by atomic mass is 10.2. The molecule has 0 aliphatic heterocycles. The Bertz CT molecular complexity index is 765. The van der Waals surface area contributed by atoms with Crippen molar-refractivity contribution in [3.63, 3.8) is 0 Å². The number of benzene rings is 1. The molecule has 1 amide bonds. The van der Waals surface area contributed by atoms with Gasteiger partial charge in [0.15, 0.2) is 0 Å². The zero-order valence-electron chi connectivity index (χ0n) is 12.0. The summed E-state index contributed by atoms with van der Waals surface area (Å²) in [5, 5.41) is 17.6. The molecule has 1 aromatic heterocycles. The summed E-state index contributed by atoms with van der Waals surface area (Å²) >= 11 is 0. The molecule has 3 N–H and O–H groups in total. The summed E-state index contributed by atoms with van der Waals surface area (Å²) in [4.78, 5) is 25.5. The molecule has 9 heteroatoms. The first-order valence-electron chi connectivity index (χ1n) is 6.28. The molecule has 2 aromatic rings. The van der Waals surface area contributed by atoms with Crippen LogP contribution in [0.2, 0.25) is 0 Å². The van der Waals surface area contributed by atoms with Crippen molar-refractivity contribution in [1.82, 2.24) is 9.66 Å². The van der Waals surface area contributed by atoms with Crippen molar-refractivity contribution in [1.29, 1.82) is 0 Å². The Balaban J connectivity index is 2.32. The zero-order valence-corrected chi connectivity index (χ0v) is 12.0. The Labute approximate surface area is 125 Å². The van der Waals surface area contributed by atoms with E-state index in [4.69, 9.17) is 5.73 Å². The van der Waals surface area contributed by atoms with E-state index in [0.717, 1.165) is 0 Å². The number of amides is 1. The molecule has 22 heavy (non-hydrogen) atoms. The summed E-state index contributed by atoms with van der Waals surface area (Å²) in [6, 6.07) is 4.36. The summed E-state index contributed by atoms with van der Waals surface area (Å²) in [5.74, 6) is -0.163. The second-order valence-electron chi connectivity index (χ2n) is 4.54. The second-order valence-corrected chi connectivity index (χ2v) is 4.54. The number of nitro benzene ring substituents is 1. The van der Waals surface area contributed by atoms with Crippen LogP contribution < -0.4 is 11.1 Å². The van der Waals surface area contributed by atoms with Gasteiger partial charge in [-0.25, -0.2) is 9.66 Å². The van der Waals surface area contributed by atoms with Crippen LogP contribution in [-0.4, -0.2) is 26.7 Å². The number of hydrogen-bond donors (Lipinski definition) is 2. The van der Waals surface area contributed by atoms with Crippen LogP contribution >= 0.6 is 0 Å². The average Bonchev–Trinajstić information content (AvgIpc) is 2.75. The average molecular weight is 302 g/mol. The topological polar surface area (TPSA) is 128 Å². The predicted molar refractivity (Wildman–Crippen MR) is 81.8 cm³/mol. The molecule has 2 rings (SSSR count). The van der Waals surface area contributed by atoms with Crippen LogP contribution in [0.5, 0.6) is 0 Å². The fraction of sp³-hybridized carbons (Fsp3) is 0.154. The zero-order chi connectivity index (χ0) is 16.3. The van der Waals surface area contributed by atoms with Crippen molar-refractivity contribution in [2.75, 3.05) is 11.1 Å². The van der Waals surface area contributed by atoms with Gasteiger partial charge in [0.1, 0.15) is 5.69 Å². The summed E-state index contributed by atoms with van der Waals surface area (Å²) in [6.07, 6.45) is 3.05. The van der Waals surface area contributed by atoms with Crippen LogP contribution in [0, 0.1) is 17.0 Å². The Morgan fingerprint density at radius 1 is 1.55 bits per heavy atom. The molecule has 0 saturated heterocycles. The maximum absolute atomic E-state index is 11.1. The third-order valence-corrected chi connectivity index (χ3v) is 2.70. The van der Waals surface area contributed by atoms with Crippen molar-refractivity contribution in [3.8, 4) is 0 Å². The van der Waals surface area contributed by atoms with E-state index >= 15 is 0 Å². The van der Waals surface area contributed by atoms with Crippen molar-refractivity contribution >= 4 is 29.4 Å². The minimum Gasteiger partial charge on any atom is -0.368 e. The molecule has 0 saturated carbocycles. The minimum absolute atomic E-state index is 0.132. The lowest BCUT2D eigenvalue weighted by molar-refractivity contribution is -0.383. The highest BCUT2D eigenvalue weighted by Gasteiger charge is 2.15. The number of nitrogen functional groups attached to an aromatic ring is 1. The molecule has 0 spiro atoms. The maximum atomic E-state index is 11.1. The first kappa shape index (κ1) is 15.2. The lowest BCUT2D eigenvalue weighted by Gasteiger charge is -2.04. The summed E-state index contributed by atoms with van der Waals surface area (Å²) in [7, 11) is 0. The van der Waals surface area contributed by atoms with E-state index in [1.165, 1.54) is 29.9 Å². The Kier molecular flexibility index (Phi) is 4.16. The van der Waals surface area contributed by atoms with Gasteiger partial charge in [-0.2, -0.15) is 5.10 Å². The molecule has 114 valence electrons. The van der Waals surface area contributed by atoms with Crippen LogP contribution in [0.25, 0.3) is 0 Å². The molecule has 0 aliphatic rings. The molecule has 0 radical (unpaired) electrons. The number of aryl methyl sites for hydroxylation is 1. The van der Waals surface area contributed by atoms with E-state index in [1.807, 2.05) is 0 Å². The van der Waals surface area contributed by atoms with Gasteiger partial charge < -0.3 is 11.1 Å². The van der Waals surface area contributed by atoms with Crippen molar-refractivity contribution < 1.29 is 9.72 Å². The van der Waals surface area contributed by atoms with Crippen LogP contribution in [-0.2, 0) is 4.79 Å². The number of anilines is 2. The quantitative estimate of drug-likeness (QED) is 0.502. The standard InChI is InChI=1S/C13H14N6O3/c1-8-7-18(13(14)16-8)15-6-10-3-4-11(17-9(2)20)12(5-10)19(21)22/h3-7H,1-2H3,(H2,14,16)(H,17,20). The van der Waals surface area contributed by atoms with E-state index in [1.54, 1.807) is 19.2 Å². The number of aromatic nitrogens is 2. The molecule has 1 heterocycles. The van der Waals surface area contributed by atoms with Gasteiger partial charge in [0.2, 0.25) is 11.9 Å². The first-order chi connectivity index (χ1) is 10.4. The monoisotopic (exact) mass is 302 g/mol. The van der Waals surface area contributed by atoms with Crippen molar-refractivity contribution in [2.45, 2.75) is 13.8 Å². The summed E-state index contributed by atoms with van der Waals surface area (Å²) in [6.45, 7) is 3.05. The molecule has 0 atom stereocenters. The third kappa shape index (κ3) is 3.45. The minimum atomic E-state index is -0.571. The van der Waals surface area contributed by atoms with Gasteiger partial charge >= 0.3 is 0 Å². The first-order valence-corrected chi connectivity index (χ1v) is 6.28. The van der Waals surface area contributed by atoms with Gasteiger partial charge in [0, 0.05) is 18.6 Å². The van der Waals surface area contributed by atoms with Crippen molar-refractivity contribution in [3.05, 3.63) is 45.8 Å². The molecular formula is C13H14N6O3. The molecule has 0 bridgehead atoms. The largest absolute Gasteiger partial charge is 0.368 e. The number of nitrogens with one attached hydrogen (secondary N) is 1. The summed E-state index contributed by atoms with van der Waals surface area (Å²) < 4.78 is 1.36. The second kappa shape index (κ2) is 6.04. The lowest BCUT2D eigenvalue weighted by Crippen LogP contribution is -2.08. The van der Waals surface area contributed by atoms with Gasteiger partial charge in [0.25, 0.3) is 5.69 Å². The highest BCUT2D eigenvalue weighted by molar-refractivity contribution is 5.92. The number of rotatable bonds is 4. The molecule has 9 nitrogen and oxygen atoms in total. The van der Waals surface area contributed by atoms with E-state index in [2.05, 4.69) is 15.4 Å². The number of carbonyl (C=O) groups is 1. The maximum Gasteiger partial charge on any atom is 0.293 e. The third-order valence-electron chi connectivity index (χ3n) is 2.70. The number of carbonyl (C=O) groups excluding carboxylic acids is 1. The van der Waals surface area contributed by atoms with Gasteiger partial charge in [-0.3, -0.25) is 14.9 Å². The highest BCUT2D eigenvalue weighted by Crippen LogP contribution is 2.25. The molecule has 0 aliphatic carbocycles. The number of nitrogens with two attached hydrogens (primary N) is 1. The van der Waals surface area contributed by atoms with Crippen LogP contribution in [0.4, 0.5) is 17.3 Å². The fourth-order valence-electron chi connectivity index (χ4n) is 1.80. The van der Waals surface area contributed by atoms with Crippen LogP contribution in [0.3, 0.4) is 0 Å². The Morgan fingerprint density at radius 2 is 2.27 bits per heavy atom. The van der Waals surface area contributed by atoms with E-state index < -0.39 is 4.92 Å². The highest BCUT2D eigenvalue weighted by atomic mass is 16.6. The van der Waals surface area contributed by atoms with Gasteiger partial charge in [-0.05, 0) is 13.0 Å². The Morgan fingerprint density at radius 3 is 2.82 bits per heavy atom. The number of hydrogen-bond acceptors (Lipinski definition) is 6. The fourth-order valence-corrected chi connectivity index (χ4v) is 1.80. The number of nitrogens with zero attached hydrogens (tertiary/aromatic N) is 4. The van der Waals surface area contributed by atoms with Gasteiger partial charge in [0.05, 0.1) is 23.0 Å². The normalized spacial score (nSPS) is 10.8. The number of imidazole rings is 1. The molecule has 0 unspecified atom stereocenters. The Hall–Kier alpha value is -3.23. The SMILES string of the molecule is CC(=O)Nc1ccc(C=Nn2cc(C)nc2N)cc1[N+](=O)[O-]. The van der Waals surface area contributed by atoms with Gasteiger partial charge in [-0.1, -0.05) is 6.07 Å². The molecule has 1 aromatic carbocycles. The van der Waals surface area contributed by atoms with Crippen molar-refractivity contribution in [2.24, 2.45) is 5.10 Å². The van der Waals surface area contributed by atoms with Crippen LogP contribution in [0.15, 0.2) is 29.5 Å². The van der Waals surface area contributed by atoms with E-state index in [0.29, 0.717) is 11.3 Å². The number of nitro groups is 1. The smallest absolute Gasteiger partial charge is 0.293 e. The van der Waals surface area contributed by atoms with Crippen LogP contribution in [0.1, 0.15) is 18.2 Å².